The van der Waals surface area contributed by atoms with Crippen LogP contribution in [0.3, 0.4) is 0 Å². The van der Waals surface area contributed by atoms with Crippen LogP contribution < -0.4 is 0 Å². The number of ether oxygens (including phenoxy) is 1. The van der Waals surface area contributed by atoms with Crippen LogP contribution in [-0.2, 0) is 9.53 Å². The molecule has 1 N–H and O–H groups in total. The van der Waals surface area contributed by atoms with Crippen molar-refractivity contribution in [3.05, 3.63) is 23.8 Å². The minimum absolute atomic E-state index is 0.0605. The zero-order chi connectivity index (χ0) is 15.3. The van der Waals surface area contributed by atoms with Gasteiger partial charge in [0.1, 0.15) is 5.75 Å². The molecule has 112 valence electrons. The number of hydrogen-bond donors (Lipinski definition) is 1. The first-order chi connectivity index (χ1) is 9.26. The summed E-state index contributed by atoms with van der Waals surface area (Å²) < 4.78 is 41.7. The number of alkyl halides is 3. The second-order valence-electron chi connectivity index (χ2n) is 4.07. The van der Waals surface area contributed by atoms with Gasteiger partial charge in [0.2, 0.25) is 0 Å². The normalized spacial score (nSPS) is 13.1. The molecule has 3 nitrogen and oxygen atoms in total. The van der Waals surface area contributed by atoms with E-state index in [1.54, 1.807) is 6.92 Å². The van der Waals surface area contributed by atoms with Crippen molar-refractivity contribution in [2.75, 3.05) is 12.4 Å². The highest BCUT2D eigenvalue weighted by Crippen LogP contribution is 2.38. The summed E-state index contributed by atoms with van der Waals surface area (Å²) in [4.78, 5) is 11.7. The maximum atomic E-state index is 12.3. The molecule has 0 amide bonds. The molecule has 7 heteroatoms. The van der Waals surface area contributed by atoms with Gasteiger partial charge in [0, 0.05) is 0 Å². The smallest absolute Gasteiger partial charge is 0.398 e. The topological polar surface area (TPSA) is 46.5 Å². The first-order valence-electron chi connectivity index (χ1n) is 5.94. The molecular weight excluding hydrogens is 293 g/mol. The van der Waals surface area contributed by atoms with Gasteiger partial charge in [-0.2, -0.15) is 13.2 Å². The Morgan fingerprint density at radius 1 is 1.45 bits per heavy atom. The predicted molar refractivity (Wildman–Crippen MR) is 69.9 cm³/mol. The van der Waals surface area contributed by atoms with E-state index in [0.29, 0.717) is 17.3 Å². The molecule has 0 spiro atoms. The number of benzene rings is 1. The van der Waals surface area contributed by atoms with Gasteiger partial charge in [0.15, 0.2) is 0 Å². The van der Waals surface area contributed by atoms with Gasteiger partial charge in [0.25, 0.3) is 0 Å². The van der Waals surface area contributed by atoms with E-state index in [2.05, 4.69) is 0 Å². The second-order valence-corrected chi connectivity index (χ2v) is 5.06. The van der Waals surface area contributed by atoms with Crippen molar-refractivity contribution in [2.24, 2.45) is 0 Å². The van der Waals surface area contributed by atoms with Crippen molar-refractivity contribution >= 4 is 17.7 Å². The van der Waals surface area contributed by atoms with Crippen LogP contribution in [-0.4, -0.2) is 29.6 Å². The molecule has 0 aliphatic rings. The molecule has 0 aliphatic carbocycles. The first-order valence-corrected chi connectivity index (χ1v) is 6.93. The lowest BCUT2D eigenvalue weighted by molar-refractivity contribution is -0.144. The van der Waals surface area contributed by atoms with Gasteiger partial charge >= 0.3 is 12.1 Å². The van der Waals surface area contributed by atoms with Gasteiger partial charge in [-0.3, -0.25) is 4.79 Å². The lowest BCUT2D eigenvalue weighted by atomic mass is 10.0. The van der Waals surface area contributed by atoms with E-state index in [9.17, 15) is 23.1 Å². The van der Waals surface area contributed by atoms with Crippen molar-refractivity contribution in [2.45, 2.75) is 30.8 Å². The van der Waals surface area contributed by atoms with Crippen molar-refractivity contribution in [1.82, 2.24) is 0 Å². The number of aromatic hydroxyl groups is 1. The number of thioether (sulfide) groups is 1. The molecular formula is C13H15F3O3S. The number of carbonyl (C=O) groups excluding carboxylic acids is 1. The van der Waals surface area contributed by atoms with Crippen molar-refractivity contribution in [3.63, 3.8) is 0 Å². The molecule has 0 bridgehead atoms. The summed E-state index contributed by atoms with van der Waals surface area (Å²) in [5.74, 6) is -2.68. The Bertz CT molecular complexity index is 474. The highest BCUT2D eigenvalue weighted by atomic mass is 32.2. The number of halogens is 3. The average molecular weight is 308 g/mol. The van der Waals surface area contributed by atoms with E-state index in [1.807, 2.05) is 0 Å². The Morgan fingerprint density at radius 2 is 2.10 bits per heavy atom. The average Bonchev–Trinajstić information content (AvgIpc) is 2.35. The molecule has 0 fully saturated rings. The third-order valence-corrected chi connectivity index (χ3v) is 3.72. The van der Waals surface area contributed by atoms with Crippen molar-refractivity contribution in [1.29, 1.82) is 0 Å². The van der Waals surface area contributed by atoms with Crippen LogP contribution in [0.5, 0.6) is 5.75 Å². The van der Waals surface area contributed by atoms with E-state index >= 15 is 0 Å². The number of rotatable bonds is 5. The molecule has 0 heterocycles. The zero-order valence-electron chi connectivity index (χ0n) is 11.0. The van der Waals surface area contributed by atoms with Gasteiger partial charge in [-0.05, 0) is 25.5 Å². The summed E-state index contributed by atoms with van der Waals surface area (Å²) in [5, 5.41) is 9.71. The summed E-state index contributed by atoms with van der Waals surface area (Å²) in [6.07, 6.45) is -4.35. The van der Waals surface area contributed by atoms with Crippen LogP contribution in [0.15, 0.2) is 23.1 Å². The fourth-order valence-corrected chi connectivity index (χ4v) is 2.52. The number of esters is 1. The van der Waals surface area contributed by atoms with Gasteiger partial charge in [-0.15, -0.1) is 11.8 Å². The summed E-state index contributed by atoms with van der Waals surface area (Å²) in [7, 11) is 0. The summed E-state index contributed by atoms with van der Waals surface area (Å²) in [6, 6.07) is 4.29. The fourth-order valence-electron chi connectivity index (χ4n) is 1.59. The Kier molecular flexibility index (Phi) is 5.74. The monoisotopic (exact) mass is 308 g/mol. The van der Waals surface area contributed by atoms with Gasteiger partial charge in [0.05, 0.1) is 23.2 Å². The van der Waals surface area contributed by atoms with Crippen LogP contribution in [0, 0.1) is 0 Å². The largest absolute Gasteiger partial charge is 0.507 e. The number of phenolic OH excluding ortho intramolecular Hbond substituents is 1. The molecule has 1 atom stereocenters. The van der Waals surface area contributed by atoms with Gasteiger partial charge < -0.3 is 9.84 Å². The minimum atomic E-state index is -4.35. The van der Waals surface area contributed by atoms with Gasteiger partial charge in [-0.1, -0.05) is 12.1 Å². The third-order valence-electron chi connectivity index (χ3n) is 2.51. The maximum absolute atomic E-state index is 12.3. The Hall–Kier alpha value is -1.37. The molecule has 0 radical (unpaired) electrons. The molecule has 1 rings (SSSR count). The lowest BCUT2D eigenvalue weighted by Crippen LogP contribution is -2.15. The molecule has 0 saturated carbocycles. The molecule has 1 aromatic rings. The van der Waals surface area contributed by atoms with E-state index < -0.39 is 23.8 Å². The lowest BCUT2D eigenvalue weighted by Gasteiger charge is -2.16. The SMILES string of the molecule is CCOC(=O)[C@@H](C)c1cccc(O)c1SCC(F)(F)F. The molecule has 0 aliphatic heterocycles. The van der Waals surface area contributed by atoms with Crippen molar-refractivity contribution < 1.29 is 27.8 Å². The van der Waals surface area contributed by atoms with Gasteiger partial charge in [-0.25, -0.2) is 0 Å². The Morgan fingerprint density at radius 3 is 2.65 bits per heavy atom. The standard InChI is InChI=1S/C13H15F3O3S/c1-3-19-12(18)8(2)9-5-4-6-10(17)11(9)20-7-13(14,15)16/h4-6,8,17H,3,7H2,1-2H3/t8-/m0/s1. The Balaban J connectivity index is 3.01. The minimum Gasteiger partial charge on any atom is -0.507 e. The van der Waals surface area contributed by atoms with Crippen molar-refractivity contribution in [3.8, 4) is 5.75 Å². The van der Waals surface area contributed by atoms with Crippen LogP contribution in [0.2, 0.25) is 0 Å². The Labute approximate surface area is 119 Å². The zero-order valence-corrected chi connectivity index (χ0v) is 11.8. The fraction of sp³-hybridized carbons (Fsp3) is 0.462. The summed E-state index contributed by atoms with van der Waals surface area (Å²) in [5.41, 5.74) is 0.331. The van der Waals surface area contributed by atoms with Crippen LogP contribution in [0.1, 0.15) is 25.3 Å². The number of carbonyl (C=O) groups is 1. The highest BCUT2D eigenvalue weighted by Gasteiger charge is 2.29. The summed E-state index contributed by atoms with van der Waals surface area (Å²) in [6.45, 7) is 3.36. The van der Waals surface area contributed by atoms with E-state index in [1.165, 1.54) is 25.1 Å². The molecule has 0 saturated heterocycles. The van der Waals surface area contributed by atoms with Crippen LogP contribution in [0.4, 0.5) is 13.2 Å². The highest BCUT2D eigenvalue weighted by molar-refractivity contribution is 7.99. The molecule has 0 unspecified atom stereocenters. The second kappa shape index (κ2) is 6.88. The number of hydrogen-bond acceptors (Lipinski definition) is 4. The molecule has 20 heavy (non-hydrogen) atoms. The van der Waals surface area contributed by atoms with Crippen LogP contribution in [0.25, 0.3) is 0 Å². The maximum Gasteiger partial charge on any atom is 0.398 e. The molecule has 0 aromatic heterocycles. The van der Waals surface area contributed by atoms with E-state index in [-0.39, 0.29) is 17.3 Å². The summed E-state index contributed by atoms with van der Waals surface area (Å²) >= 11 is 0.462. The predicted octanol–water partition coefficient (Wildman–Crippen LogP) is 3.71. The van der Waals surface area contributed by atoms with Crippen LogP contribution >= 0.6 is 11.8 Å². The van der Waals surface area contributed by atoms with E-state index in [0.717, 1.165) is 0 Å². The van der Waals surface area contributed by atoms with E-state index in [4.69, 9.17) is 4.74 Å². The number of phenols is 1. The third kappa shape index (κ3) is 4.63. The quantitative estimate of drug-likeness (QED) is 0.665. The first kappa shape index (κ1) is 16.7. The molecule has 1 aromatic carbocycles.